The summed E-state index contributed by atoms with van der Waals surface area (Å²) in [6, 6.07) is 0.265. The Kier molecular flexibility index (Phi) is 5.06. The number of imide groups is 1. The molecule has 2 heterocycles. The lowest BCUT2D eigenvalue weighted by Crippen LogP contribution is -2.40. The minimum absolute atomic E-state index is 0.0348. The number of hydrogen-bond acceptors (Lipinski definition) is 4. The van der Waals surface area contributed by atoms with E-state index in [1.165, 1.54) is 4.90 Å². The summed E-state index contributed by atoms with van der Waals surface area (Å²) in [6.45, 7) is 0.248. The molecule has 2 atom stereocenters. The van der Waals surface area contributed by atoms with Crippen molar-refractivity contribution in [2.45, 2.75) is 51.0 Å². The Balaban J connectivity index is 1.49. The summed E-state index contributed by atoms with van der Waals surface area (Å²) in [5.41, 5.74) is 0. The number of carbonyl (C=O) groups excluding carboxylic acids is 3. The van der Waals surface area contributed by atoms with Crippen LogP contribution in [0.15, 0.2) is 0 Å². The molecule has 22 heavy (non-hydrogen) atoms. The first-order valence-electron chi connectivity index (χ1n) is 8.39. The molecular formula is C16H24N2O3S. The quantitative estimate of drug-likeness (QED) is 0.797. The van der Waals surface area contributed by atoms with Crippen LogP contribution in [0.1, 0.15) is 44.9 Å². The van der Waals surface area contributed by atoms with Gasteiger partial charge in [-0.05, 0) is 37.2 Å². The number of nitrogens with zero attached hydrogens (tertiary/aromatic N) is 1. The fraction of sp³-hybridized carbons (Fsp3) is 0.812. The van der Waals surface area contributed by atoms with E-state index in [0.29, 0.717) is 0 Å². The highest BCUT2D eigenvalue weighted by Crippen LogP contribution is 2.37. The third-order valence-electron chi connectivity index (χ3n) is 5.08. The van der Waals surface area contributed by atoms with Gasteiger partial charge < -0.3 is 5.32 Å². The SMILES string of the molecule is O=C(CCN1C(=O)[C@@H]2CCCC[C@H]2C1=O)NC1CCSCC1. The molecule has 0 aromatic carbocycles. The molecule has 0 aromatic rings. The Hall–Kier alpha value is -1.04. The molecule has 2 aliphatic heterocycles. The number of rotatable bonds is 4. The fourth-order valence-electron chi connectivity index (χ4n) is 3.81. The van der Waals surface area contributed by atoms with E-state index >= 15 is 0 Å². The molecule has 2 saturated heterocycles. The third-order valence-corrected chi connectivity index (χ3v) is 6.13. The van der Waals surface area contributed by atoms with Gasteiger partial charge >= 0.3 is 0 Å². The van der Waals surface area contributed by atoms with E-state index in [9.17, 15) is 14.4 Å². The zero-order valence-electron chi connectivity index (χ0n) is 12.9. The summed E-state index contributed by atoms with van der Waals surface area (Å²) in [7, 11) is 0. The van der Waals surface area contributed by atoms with Crippen LogP contribution in [-0.2, 0) is 14.4 Å². The maximum atomic E-state index is 12.3. The second-order valence-corrected chi connectivity index (χ2v) is 7.75. The second kappa shape index (κ2) is 7.02. The van der Waals surface area contributed by atoms with E-state index in [-0.39, 0.29) is 48.6 Å². The van der Waals surface area contributed by atoms with Gasteiger partial charge in [0, 0.05) is 19.0 Å². The maximum Gasteiger partial charge on any atom is 0.233 e. The summed E-state index contributed by atoms with van der Waals surface area (Å²) in [6.07, 6.45) is 6.00. The Bertz CT molecular complexity index is 438. The van der Waals surface area contributed by atoms with Crippen molar-refractivity contribution in [3.63, 3.8) is 0 Å². The van der Waals surface area contributed by atoms with Crippen LogP contribution in [0.2, 0.25) is 0 Å². The van der Waals surface area contributed by atoms with Gasteiger partial charge in [0.2, 0.25) is 17.7 Å². The number of fused-ring (bicyclic) bond motifs is 1. The Morgan fingerprint density at radius 3 is 2.23 bits per heavy atom. The van der Waals surface area contributed by atoms with Gasteiger partial charge in [0.15, 0.2) is 0 Å². The fourth-order valence-corrected chi connectivity index (χ4v) is 4.91. The average molecular weight is 324 g/mol. The molecule has 3 amide bonds. The van der Waals surface area contributed by atoms with Crippen molar-refractivity contribution in [3.05, 3.63) is 0 Å². The maximum absolute atomic E-state index is 12.3. The van der Waals surface area contributed by atoms with Gasteiger partial charge in [-0.3, -0.25) is 19.3 Å². The van der Waals surface area contributed by atoms with E-state index in [1.54, 1.807) is 0 Å². The van der Waals surface area contributed by atoms with Crippen LogP contribution in [-0.4, -0.2) is 46.7 Å². The topological polar surface area (TPSA) is 66.5 Å². The second-order valence-electron chi connectivity index (χ2n) is 6.53. The highest BCUT2D eigenvalue weighted by atomic mass is 32.2. The Labute approximate surface area is 135 Å². The molecule has 0 aromatic heterocycles. The summed E-state index contributed by atoms with van der Waals surface area (Å²) in [5.74, 6) is 1.84. The highest BCUT2D eigenvalue weighted by Gasteiger charge is 2.47. The zero-order valence-corrected chi connectivity index (χ0v) is 13.7. The van der Waals surface area contributed by atoms with Crippen molar-refractivity contribution < 1.29 is 14.4 Å². The summed E-state index contributed by atoms with van der Waals surface area (Å²) in [4.78, 5) is 38.0. The van der Waals surface area contributed by atoms with Crippen molar-refractivity contribution in [2.24, 2.45) is 11.8 Å². The predicted octanol–water partition coefficient (Wildman–Crippen LogP) is 1.56. The van der Waals surface area contributed by atoms with Crippen LogP contribution in [0.3, 0.4) is 0 Å². The molecular weight excluding hydrogens is 300 g/mol. The van der Waals surface area contributed by atoms with Gasteiger partial charge in [-0.1, -0.05) is 12.8 Å². The van der Waals surface area contributed by atoms with E-state index in [4.69, 9.17) is 0 Å². The lowest BCUT2D eigenvalue weighted by molar-refractivity contribution is -0.140. The Morgan fingerprint density at radius 1 is 1.05 bits per heavy atom. The summed E-state index contributed by atoms with van der Waals surface area (Å²) >= 11 is 1.92. The first-order chi connectivity index (χ1) is 10.7. The number of nitrogens with one attached hydrogen (secondary N) is 1. The van der Waals surface area contributed by atoms with Gasteiger partial charge in [-0.25, -0.2) is 0 Å². The average Bonchev–Trinajstić information content (AvgIpc) is 2.78. The molecule has 122 valence electrons. The van der Waals surface area contributed by atoms with E-state index in [1.807, 2.05) is 11.8 Å². The van der Waals surface area contributed by atoms with Crippen LogP contribution in [0.25, 0.3) is 0 Å². The third kappa shape index (κ3) is 3.31. The monoisotopic (exact) mass is 324 g/mol. The molecule has 3 rings (SSSR count). The minimum Gasteiger partial charge on any atom is -0.353 e. The molecule has 3 aliphatic rings. The molecule has 0 bridgehead atoms. The molecule has 3 fully saturated rings. The van der Waals surface area contributed by atoms with Crippen molar-refractivity contribution in [3.8, 4) is 0 Å². The number of thioether (sulfide) groups is 1. The van der Waals surface area contributed by atoms with Crippen molar-refractivity contribution in [1.29, 1.82) is 0 Å². The van der Waals surface area contributed by atoms with Crippen molar-refractivity contribution in [2.75, 3.05) is 18.1 Å². The van der Waals surface area contributed by atoms with E-state index < -0.39 is 0 Å². The van der Waals surface area contributed by atoms with E-state index in [2.05, 4.69) is 5.32 Å². The van der Waals surface area contributed by atoms with Crippen LogP contribution >= 0.6 is 11.8 Å². The van der Waals surface area contributed by atoms with Crippen LogP contribution in [0.5, 0.6) is 0 Å². The summed E-state index contributed by atoms with van der Waals surface area (Å²) < 4.78 is 0. The molecule has 0 unspecified atom stereocenters. The first kappa shape index (κ1) is 15.8. The first-order valence-corrected chi connectivity index (χ1v) is 9.54. The summed E-state index contributed by atoms with van der Waals surface area (Å²) in [5, 5.41) is 3.03. The Morgan fingerprint density at radius 2 is 1.64 bits per heavy atom. The van der Waals surface area contributed by atoms with E-state index in [0.717, 1.165) is 50.0 Å². The molecule has 0 radical (unpaired) electrons. The number of likely N-dealkylation sites (tertiary alicyclic amines) is 1. The van der Waals surface area contributed by atoms with Gasteiger partial charge in [-0.2, -0.15) is 11.8 Å². The van der Waals surface area contributed by atoms with Crippen molar-refractivity contribution in [1.82, 2.24) is 10.2 Å². The van der Waals surface area contributed by atoms with Crippen LogP contribution < -0.4 is 5.32 Å². The lowest BCUT2D eigenvalue weighted by Gasteiger charge is -2.23. The minimum atomic E-state index is -0.111. The van der Waals surface area contributed by atoms with Crippen LogP contribution in [0, 0.1) is 11.8 Å². The highest BCUT2D eigenvalue weighted by molar-refractivity contribution is 7.99. The number of carbonyl (C=O) groups is 3. The number of amides is 3. The zero-order chi connectivity index (χ0) is 15.5. The van der Waals surface area contributed by atoms with Gasteiger partial charge in [0.1, 0.15) is 0 Å². The molecule has 5 nitrogen and oxygen atoms in total. The van der Waals surface area contributed by atoms with Gasteiger partial charge in [0.25, 0.3) is 0 Å². The standard InChI is InChI=1S/C16H24N2O3S/c19-14(17-11-6-9-22-10-7-11)5-8-18-15(20)12-3-1-2-4-13(12)16(18)21/h11-13H,1-10H2,(H,17,19)/t12-,13-/m1/s1. The van der Waals surface area contributed by atoms with Crippen LogP contribution in [0.4, 0.5) is 0 Å². The molecule has 6 heteroatoms. The number of hydrogen-bond donors (Lipinski definition) is 1. The van der Waals surface area contributed by atoms with Crippen molar-refractivity contribution >= 4 is 29.5 Å². The molecule has 1 saturated carbocycles. The molecule has 0 spiro atoms. The normalized spacial score (nSPS) is 29.5. The lowest BCUT2D eigenvalue weighted by atomic mass is 9.81. The molecule has 1 aliphatic carbocycles. The predicted molar refractivity (Wildman–Crippen MR) is 85.3 cm³/mol. The van der Waals surface area contributed by atoms with Gasteiger partial charge in [-0.15, -0.1) is 0 Å². The molecule has 1 N–H and O–H groups in total. The van der Waals surface area contributed by atoms with Gasteiger partial charge in [0.05, 0.1) is 11.8 Å². The smallest absolute Gasteiger partial charge is 0.233 e. The largest absolute Gasteiger partial charge is 0.353 e.